The normalized spacial score (nSPS) is 12.3. The minimum atomic E-state index is -0.773. The van der Waals surface area contributed by atoms with Crippen LogP contribution in [0, 0.1) is 0 Å². The summed E-state index contributed by atoms with van der Waals surface area (Å²) in [4.78, 5) is 24.6. The first kappa shape index (κ1) is 66.1. The van der Waals surface area contributed by atoms with Crippen molar-refractivity contribution in [3.05, 3.63) is 36.5 Å². The molecule has 1 N–H and O–H groups in total. The quantitative estimate of drug-likeness (QED) is 0.0374. The van der Waals surface area contributed by atoms with Crippen LogP contribution in [0.25, 0.3) is 0 Å². The van der Waals surface area contributed by atoms with E-state index in [1.165, 1.54) is 263 Å². The Kier molecular flexibility index (Phi) is 57.8. The molecule has 0 aromatic heterocycles. The Labute approximate surface area is 425 Å². The highest BCUT2D eigenvalue weighted by atomic mass is 16.6. The van der Waals surface area contributed by atoms with Crippen molar-refractivity contribution in [2.24, 2.45) is 0 Å². The highest BCUT2D eigenvalue weighted by molar-refractivity contribution is 5.70. The molecular formula is C63H118O5. The minimum Gasteiger partial charge on any atom is -0.462 e. The van der Waals surface area contributed by atoms with Crippen LogP contribution < -0.4 is 0 Å². The minimum absolute atomic E-state index is 0.0629. The summed E-state index contributed by atoms with van der Waals surface area (Å²) in [6.07, 6.45) is 77.1. The fraction of sp³-hybridized carbons (Fsp3) is 0.873. The third-order valence-electron chi connectivity index (χ3n) is 13.9. The molecule has 0 amide bonds. The molecule has 0 rings (SSSR count). The lowest BCUT2D eigenvalue weighted by atomic mass is 10.0. The van der Waals surface area contributed by atoms with Gasteiger partial charge in [0.1, 0.15) is 6.61 Å². The van der Waals surface area contributed by atoms with E-state index in [4.69, 9.17) is 9.47 Å². The molecule has 0 spiro atoms. The highest BCUT2D eigenvalue weighted by Crippen LogP contribution is 2.18. The lowest BCUT2D eigenvalue weighted by molar-refractivity contribution is -0.161. The molecule has 0 aromatic rings. The Morgan fingerprint density at radius 3 is 0.882 bits per heavy atom. The predicted octanol–water partition coefficient (Wildman–Crippen LogP) is 20.6. The third-order valence-corrected chi connectivity index (χ3v) is 13.9. The number of allylic oxidation sites excluding steroid dienone is 6. The van der Waals surface area contributed by atoms with E-state index in [2.05, 4.69) is 50.3 Å². The van der Waals surface area contributed by atoms with E-state index in [1.807, 2.05) is 0 Å². The Morgan fingerprint density at radius 1 is 0.338 bits per heavy atom. The average Bonchev–Trinajstić information content (AvgIpc) is 3.34. The molecule has 0 aliphatic heterocycles. The molecule has 0 bridgehead atoms. The predicted molar refractivity (Wildman–Crippen MR) is 298 cm³/mol. The largest absolute Gasteiger partial charge is 0.462 e. The maximum atomic E-state index is 12.3. The van der Waals surface area contributed by atoms with Crippen LogP contribution in [0.3, 0.4) is 0 Å². The van der Waals surface area contributed by atoms with Crippen LogP contribution in [-0.2, 0) is 19.1 Å². The van der Waals surface area contributed by atoms with Crippen LogP contribution in [0.4, 0.5) is 0 Å². The lowest BCUT2D eigenvalue weighted by Crippen LogP contribution is -2.28. The summed E-state index contributed by atoms with van der Waals surface area (Å²) in [6.45, 7) is 4.18. The fourth-order valence-corrected chi connectivity index (χ4v) is 9.33. The number of carbonyl (C=O) groups is 2. The Balaban J connectivity index is 3.43. The summed E-state index contributed by atoms with van der Waals surface area (Å²) < 4.78 is 10.7. The van der Waals surface area contributed by atoms with Gasteiger partial charge < -0.3 is 14.6 Å². The first-order valence-corrected chi connectivity index (χ1v) is 30.5. The molecule has 0 aliphatic rings. The van der Waals surface area contributed by atoms with Gasteiger partial charge in [-0.15, -0.1) is 0 Å². The van der Waals surface area contributed by atoms with Gasteiger partial charge in [0.2, 0.25) is 0 Å². The van der Waals surface area contributed by atoms with Crippen molar-refractivity contribution in [1.29, 1.82) is 0 Å². The number of hydrogen-bond donors (Lipinski definition) is 1. The van der Waals surface area contributed by atoms with Crippen molar-refractivity contribution in [1.82, 2.24) is 0 Å². The standard InChI is InChI=1S/C63H118O5/c1-3-5-7-9-11-13-15-17-19-21-23-25-27-29-30-31-32-34-35-37-39-41-43-45-47-49-51-53-55-57-62(65)67-60-61(59-64)68-63(66)58-56-54-52-50-48-46-44-42-40-38-36-33-28-26-24-22-20-18-16-14-12-10-8-6-4-2/h16,18,22,24,28,33,61,64H,3-15,17,19-21,23,25-27,29-32,34-60H2,1-2H3/b18-16-,24-22-,33-28-. The molecule has 0 heterocycles. The lowest BCUT2D eigenvalue weighted by Gasteiger charge is -2.15. The molecule has 5 nitrogen and oxygen atoms in total. The number of aliphatic hydroxyl groups excluding tert-OH is 1. The number of unbranched alkanes of at least 4 members (excludes halogenated alkanes) is 43. The summed E-state index contributed by atoms with van der Waals surface area (Å²) >= 11 is 0. The summed E-state index contributed by atoms with van der Waals surface area (Å²) in [5.74, 6) is -0.577. The van der Waals surface area contributed by atoms with E-state index in [9.17, 15) is 14.7 Å². The summed E-state index contributed by atoms with van der Waals surface area (Å²) in [5, 5.41) is 9.67. The Hall–Kier alpha value is -1.88. The second-order valence-electron chi connectivity index (χ2n) is 20.8. The van der Waals surface area contributed by atoms with Gasteiger partial charge in [0.05, 0.1) is 6.61 Å². The van der Waals surface area contributed by atoms with E-state index in [1.54, 1.807) is 0 Å². The molecule has 5 heteroatoms. The molecule has 1 atom stereocenters. The van der Waals surface area contributed by atoms with Crippen LogP contribution >= 0.6 is 0 Å². The summed E-state index contributed by atoms with van der Waals surface area (Å²) in [6, 6.07) is 0. The van der Waals surface area contributed by atoms with E-state index in [-0.39, 0.29) is 25.2 Å². The first-order chi connectivity index (χ1) is 33.6. The average molecular weight is 956 g/mol. The second-order valence-corrected chi connectivity index (χ2v) is 20.8. The number of esters is 2. The van der Waals surface area contributed by atoms with Crippen molar-refractivity contribution in [3.63, 3.8) is 0 Å². The summed E-state index contributed by atoms with van der Waals surface area (Å²) in [5.41, 5.74) is 0. The van der Waals surface area contributed by atoms with E-state index < -0.39 is 6.10 Å². The van der Waals surface area contributed by atoms with Gasteiger partial charge in [-0.1, -0.05) is 307 Å². The molecule has 0 saturated heterocycles. The molecular weight excluding hydrogens is 837 g/mol. The maximum absolute atomic E-state index is 12.3. The van der Waals surface area contributed by atoms with Crippen molar-refractivity contribution in [2.45, 2.75) is 341 Å². The summed E-state index contributed by atoms with van der Waals surface area (Å²) in [7, 11) is 0. The number of ether oxygens (including phenoxy) is 2. The van der Waals surface area contributed by atoms with Crippen LogP contribution in [-0.4, -0.2) is 36.4 Å². The third kappa shape index (κ3) is 56.7. The molecule has 1 unspecified atom stereocenters. The SMILES string of the molecule is CCCCCCC/C=C\C/C=C\C/C=C\CCCCCCCCCCCCC(=O)OC(CO)COC(=O)CCCCCCCCCCCCCCCCCCCCCCCCCCCCCCC. The van der Waals surface area contributed by atoms with Crippen molar-refractivity contribution in [3.8, 4) is 0 Å². The van der Waals surface area contributed by atoms with Crippen molar-refractivity contribution in [2.75, 3.05) is 13.2 Å². The molecule has 0 fully saturated rings. The van der Waals surface area contributed by atoms with Crippen molar-refractivity contribution >= 4 is 11.9 Å². The smallest absolute Gasteiger partial charge is 0.306 e. The van der Waals surface area contributed by atoms with Gasteiger partial charge in [-0.2, -0.15) is 0 Å². The zero-order valence-electron chi connectivity index (χ0n) is 45.9. The van der Waals surface area contributed by atoms with Crippen LogP contribution in [0.2, 0.25) is 0 Å². The number of carbonyl (C=O) groups excluding carboxylic acids is 2. The molecule has 68 heavy (non-hydrogen) atoms. The molecule has 0 aromatic carbocycles. The molecule has 400 valence electrons. The maximum Gasteiger partial charge on any atom is 0.306 e. The van der Waals surface area contributed by atoms with Gasteiger partial charge in [0.25, 0.3) is 0 Å². The Bertz CT molecular complexity index is 1080. The zero-order chi connectivity index (χ0) is 49.2. The zero-order valence-corrected chi connectivity index (χ0v) is 45.9. The highest BCUT2D eigenvalue weighted by Gasteiger charge is 2.16. The fourth-order valence-electron chi connectivity index (χ4n) is 9.33. The van der Waals surface area contributed by atoms with Crippen LogP contribution in [0.1, 0.15) is 335 Å². The van der Waals surface area contributed by atoms with Crippen LogP contribution in [0.5, 0.6) is 0 Å². The number of aliphatic hydroxyl groups is 1. The van der Waals surface area contributed by atoms with E-state index >= 15 is 0 Å². The van der Waals surface area contributed by atoms with E-state index in [0.717, 1.165) is 44.9 Å². The second kappa shape index (κ2) is 59.4. The first-order valence-electron chi connectivity index (χ1n) is 30.5. The van der Waals surface area contributed by atoms with Crippen molar-refractivity contribution < 1.29 is 24.2 Å². The topological polar surface area (TPSA) is 72.8 Å². The van der Waals surface area contributed by atoms with Gasteiger partial charge in [-0.3, -0.25) is 9.59 Å². The van der Waals surface area contributed by atoms with Crippen LogP contribution in [0.15, 0.2) is 36.5 Å². The van der Waals surface area contributed by atoms with E-state index in [0.29, 0.717) is 12.8 Å². The monoisotopic (exact) mass is 955 g/mol. The van der Waals surface area contributed by atoms with Gasteiger partial charge in [0.15, 0.2) is 6.10 Å². The van der Waals surface area contributed by atoms with Gasteiger partial charge >= 0.3 is 11.9 Å². The Morgan fingerprint density at radius 2 is 0.588 bits per heavy atom. The number of hydrogen-bond acceptors (Lipinski definition) is 5. The van der Waals surface area contributed by atoms with Gasteiger partial charge in [0, 0.05) is 12.8 Å². The van der Waals surface area contributed by atoms with Gasteiger partial charge in [-0.25, -0.2) is 0 Å². The molecule has 0 saturated carbocycles. The molecule has 0 aliphatic carbocycles. The van der Waals surface area contributed by atoms with Gasteiger partial charge in [-0.05, 0) is 51.4 Å². The number of rotatable bonds is 57. The molecule has 0 radical (unpaired) electrons.